The van der Waals surface area contributed by atoms with Gasteiger partial charge in [-0.05, 0) is 80.8 Å². The summed E-state index contributed by atoms with van der Waals surface area (Å²) < 4.78 is 11.3. The molecular formula is C29H39N3O3. The van der Waals surface area contributed by atoms with Gasteiger partial charge in [-0.15, -0.1) is 0 Å². The highest BCUT2D eigenvalue weighted by atomic mass is 16.5. The Bertz CT molecular complexity index is 1020. The van der Waals surface area contributed by atoms with E-state index in [-0.39, 0.29) is 5.78 Å². The minimum absolute atomic E-state index is 0.0557. The topological polar surface area (TPSA) is 45.3 Å². The van der Waals surface area contributed by atoms with E-state index in [1.807, 2.05) is 18.2 Å². The Kier molecular flexibility index (Phi) is 8.47. The molecule has 0 spiro atoms. The molecule has 2 aromatic carbocycles. The Labute approximate surface area is 210 Å². The number of carbonyl (C=O) groups is 1. The molecule has 0 aromatic heterocycles. The second-order valence-electron chi connectivity index (χ2n) is 9.58. The number of hydrogen-bond donors (Lipinski definition) is 0. The van der Waals surface area contributed by atoms with E-state index in [9.17, 15) is 4.79 Å². The first-order valence-corrected chi connectivity index (χ1v) is 12.8. The summed E-state index contributed by atoms with van der Waals surface area (Å²) in [5.41, 5.74) is 3.94. The zero-order valence-corrected chi connectivity index (χ0v) is 21.6. The molecule has 4 rings (SSSR count). The van der Waals surface area contributed by atoms with Crippen LogP contribution >= 0.6 is 0 Å². The Morgan fingerprint density at radius 1 is 0.943 bits per heavy atom. The van der Waals surface area contributed by atoms with E-state index in [1.165, 1.54) is 5.69 Å². The molecular weight excluding hydrogens is 438 g/mol. The van der Waals surface area contributed by atoms with Crippen LogP contribution in [0.25, 0.3) is 6.08 Å². The van der Waals surface area contributed by atoms with E-state index >= 15 is 0 Å². The van der Waals surface area contributed by atoms with Gasteiger partial charge in [-0.3, -0.25) is 4.79 Å². The summed E-state index contributed by atoms with van der Waals surface area (Å²) >= 11 is 0. The second kappa shape index (κ2) is 11.7. The molecule has 2 aliphatic rings. The van der Waals surface area contributed by atoms with Gasteiger partial charge in [0.25, 0.3) is 0 Å². The predicted molar refractivity (Wildman–Crippen MR) is 143 cm³/mol. The molecule has 0 saturated carbocycles. The maximum Gasteiger partial charge on any atom is 0.189 e. The molecule has 2 aliphatic heterocycles. The number of carbonyl (C=O) groups excluding carboxylic acids is 1. The Hall–Kier alpha value is -2.83. The number of anilines is 1. The van der Waals surface area contributed by atoms with Gasteiger partial charge in [0, 0.05) is 37.9 Å². The zero-order valence-electron chi connectivity index (χ0n) is 21.6. The molecule has 188 valence electrons. The number of allylic oxidation sites excluding steroid dienone is 1. The van der Waals surface area contributed by atoms with Crippen LogP contribution in [0.3, 0.4) is 0 Å². The third-order valence-corrected chi connectivity index (χ3v) is 7.48. The van der Waals surface area contributed by atoms with Gasteiger partial charge in [-0.1, -0.05) is 25.1 Å². The average Bonchev–Trinajstić information content (AvgIpc) is 2.91. The minimum atomic E-state index is -0.0557. The van der Waals surface area contributed by atoms with E-state index in [0.29, 0.717) is 17.2 Å². The minimum Gasteiger partial charge on any atom is -0.496 e. The monoisotopic (exact) mass is 477 g/mol. The van der Waals surface area contributed by atoms with Gasteiger partial charge in [0.2, 0.25) is 0 Å². The molecule has 0 amide bonds. The standard InChI is InChI=1S/C29H39N3O3/c1-5-31-14-12-23(13-15-31)25-20-26(29(35-4)21-28(25)34-3)27(33)11-8-22-6-9-24(10-7-22)32-18-16-30(2)17-19-32/h6-11,20-21,23H,5,12-19H2,1-4H3/b11-8+. The first kappa shape index (κ1) is 25.3. The summed E-state index contributed by atoms with van der Waals surface area (Å²) in [6.07, 6.45) is 5.68. The number of hydrogen-bond acceptors (Lipinski definition) is 6. The van der Waals surface area contributed by atoms with E-state index in [2.05, 4.69) is 52.9 Å². The van der Waals surface area contributed by atoms with Gasteiger partial charge in [0.15, 0.2) is 5.78 Å². The lowest BCUT2D eigenvalue weighted by Gasteiger charge is -2.34. The van der Waals surface area contributed by atoms with Crippen LogP contribution in [0.5, 0.6) is 11.5 Å². The number of likely N-dealkylation sites (tertiary alicyclic amines) is 1. The first-order chi connectivity index (χ1) is 17.0. The van der Waals surface area contributed by atoms with Crippen molar-refractivity contribution >= 4 is 17.5 Å². The smallest absolute Gasteiger partial charge is 0.189 e. The number of ketones is 1. The van der Waals surface area contributed by atoms with Gasteiger partial charge in [-0.2, -0.15) is 0 Å². The molecule has 0 atom stereocenters. The summed E-state index contributed by atoms with van der Waals surface area (Å²) in [6.45, 7) is 9.68. The molecule has 0 aliphatic carbocycles. The molecule has 2 aromatic rings. The number of benzene rings is 2. The summed E-state index contributed by atoms with van der Waals surface area (Å²) in [7, 11) is 5.45. The quantitative estimate of drug-likeness (QED) is 0.411. The van der Waals surface area contributed by atoms with E-state index in [1.54, 1.807) is 20.3 Å². The molecule has 6 heteroatoms. The van der Waals surface area contributed by atoms with Gasteiger partial charge in [0.05, 0.1) is 19.8 Å². The maximum absolute atomic E-state index is 13.2. The molecule has 2 saturated heterocycles. The number of methoxy groups -OCH3 is 2. The van der Waals surface area contributed by atoms with Crippen LogP contribution in [-0.2, 0) is 0 Å². The van der Waals surface area contributed by atoms with Crippen molar-refractivity contribution in [3.63, 3.8) is 0 Å². The average molecular weight is 478 g/mol. The van der Waals surface area contributed by atoms with Crippen LogP contribution in [-0.4, -0.2) is 82.7 Å². The van der Waals surface area contributed by atoms with Crippen molar-refractivity contribution in [1.29, 1.82) is 0 Å². The lowest BCUT2D eigenvalue weighted by atomic mass is 9.87. The normalized spacial score (nSPS) is 18.2. The number of ether oxygens (including phenoxy) is 2. The van der Waals surface area contributed by atoms with Gasteiger partial charge in [0.1, 0.15) is 11.5 Å². The van der Waals surface area contributed by atoms with Crippen LogP contribution in [0.1, 0.15) is 47.2 Å². The summed E-state index contributed by atoms with van der Waals surface area (Å²) in [5.74, 6) is 1.68. The van der Waals surface area contributed by atoms with Crippen molar-refractivity contribution in [2.75, 3.05) is 72.0 Å². The van der Waals surface area contributed by atoms with Crippen LogP contribution in [0.15, 0.2) is 42.5 Å². The fourth-order valence-corrected chi connectivity index (χ4v) is 5.12. The lowest BCUT2D eigenvalue weighted by Crippen LogP contribution is -2.44. The molecule has 35 heavy (non-hydrogen) atoms. The zero-order chi connectivity index (χ0) is 24.8. The van der Waals surface area contributed by atoms with Crippen molar-refractivity contribution in [1.82, 2.24) is 9.80 Å². The van der Waals surface area contributed by atoms with Crippen molar-refractivity contribution < 1.29 is 14.3 Å². The number of piperidine rings is 1. The highest BCUT2D eigenvalue weighted by Crippen LogP contribution is 2.38. The van der Waals surface area contributed by atoms with E-state index in [4.69, 9.17) is 9.47 Å². The van der Waals surface area contributed by atoms with Gasteiger partial charge >= 0.3 is 0 Å². The highest BCUT2D eigenvalue weighted by Gasteiger charge is 2.25. The predicted octanol–water partition coefficient (Wildman–Crippen LogP) is 4.55. The molecule has 2 heterocycles. The number of nitrogens with zero attached hydrogens (tertiary/aromatic N) is 3. The molecule has 6 nitrogen and oxygen atoms in total. The van der Waals surface area contributed by atoms with E-state index < -0.39 is 0 Å². The third-order valence-electron chi connectivity index (χ3n) is 7.48. The van der Waals surface area contributed by atoms with Crippen molar-refractivity contribution in [3.05, 3.63) is 59.2 Å². The summed E-state index contributed by atoms with van der Waals surface area (Å²) in [4.78, 5) is 20.5. The van der Waals surface area contributed by atoms with Gasteiger partial charge in [-0.25, -0.2) is 0 Å². The fraction of sp³-hybridized carbons (Fsp3) is 0.483. The summed E-state index contributed by atoms with van der Waals surface area (Å²) in [6, 6.07) is 12.3. The molecule has 0 N–H and O–H groups in total. The van der Waals surface area contributed by atoms with Crippen molar-refractivity contribution in [2.24, 2.45) is 0 Å². The molecule has 0 radical (unpaired) electrons. The maximum atomic E-state index is 13.2. The van der Waals surface area contributed by atoms with E-state index in [0.717, 1.165) is 75.5 Å². The van der Waals surface area contributed by atoms with Crippen molar-refractivity contribution in [3.8, 4) is 11.5 Å². The number of piperazine rings is 1. The molecule has 2 fully saturated rings. The SMILES string of the molecule is CCN1CCC(c2cc(C(=O)/C=C/c3ccc(N4CCN(C)CC4)cc3)c(OC)cc2OC)CC1. The number of rotatable bonds is 8. The Balaban J connectivity index is 1.50. The van der Waals surface area contributed by atoms with Gasteiger partial charge < -0.3 is 24.2 Å². The van der Waals surface area contributed by atoms with Crippen LogP contribution in [0.2, 0.25) is 0 Å². The Morgan fingerprint density at radius 2 is 1.60 bits per heavy atom. The molecule has 0 bridgehead atoms. The largest absolute Gasteiger partial charge is 0.496 e. The highest BCUT2D eigenvalue weighted by molar-refractivity contribution is 6.09. The Morgan fingerprint density at radius 3 is 2.20 bits per heavy atom. The summed E-state index contributed by atoms with van der Waals surface area (Å²) in [5, 5.41) is 0. The van der Waals surface area contributed by atoms with Crippen molar-refractivity contribution in [2.45, 2.75) is 25.7 Å². The second-order valence-corrected chi connectivity index (χ2v) is 9.58. The van der Waals surface area contributed by atoms with Crippen LogP contribution < -0.4 is 14.4 Å². The van der Waals surface area contributed by atoms with Crippen LogP contribution in [0.4, 0.5) is 5.69 Å². The lowest BCUT2D eigenvalue weighted by molar-refractivity contribution is 0.104. The first-order valence-electron chi connectivity index (χ1n) is 12.8. The third kappa shape index (κ3) is 6.06. The number of likely N-dealkylation sites (N-methyl/N-ethyl adjacent to an activating group) is 1. The molecule has 0 unspecified atom stereocenters. The van der Waals surface area contributed by atoms with Crippen LogP contribution in [0, 0.1) is 0 Å². The fourth-order valence-electron chi connectivity index (χ4n) is 5.12.